The Balaban J connectivity index is 0. The zero-order valence-corrected chi connectivity index (χ0v) is 5.36. The first-order valence-electron chi connectivity index (χ1n) is 2.27. The molecule has 1 aromatic carbocycles. The first kappa shape index (κ1) is 11.7. The SMILES string of the molecule is Oc1ccccc1O.[B].[B]. The molecule has 0 amide bonds. The molecule has 48 valence electrons. The van der Waals surface area contributed by atoms with Gasteiger partial charge in [0.2, 0.25) is 0 Å². The molecule has 0 fully saturated rings. The highest BCUT2D eigenvalue weighted by Crippen LogP contribution is 2.21. The second kappa shape index (κ2) is 4.79. The Hall–Kier alpha value is -1.05. The molecule has 0 bridgehead atoms. The van der Waals surface area contributed by atoms with Gasteiger partial charge < -0.3 is 10.2 Å². The van der Waals surface area contributed by atoms with Gasteiger partial charge in [-0.15, -0.1) is 0 Å². The van der Waals surface area contributed by atoms with Crippen molar-refractivity contribution in [1.29, 1.82) is 0 Å². The van der Waals surface area contributed by atoms with Crippen LogP contribution in [0, 0.1) is 0 Å². The lowest BCUT2D eigenvalue weighted by atomic mass is 10.3. The minimum atomic E-state index is -0.0764. The van der Waals surface area contributed by atoms with Gasteiger partial charge >= 0.3 is 0 Å². The van der Waals surface area contributed by atoms with Crippen LogP contribution in [0.25, 0.3) is 0 Å². The summed E-state index contributed by atoms with van der Waals surface area (Å²) >= 11 is 0. The van der Waals surface area contributed by atoms with Gasteiger partial charge in [-0.1, -0.05) is 12.1 Å². The van der Waals surface area contributed by atoms with Crippen molar-refractivity contribution < 1.29 is 10.2 Å². The third kappa shape index (κ3) is 2.49. The minimum Gasteiger partial charge on any atom is -0.504 e. The van der Waals surface area contributed by atoms with Crippen LogP contribution >= 0.6 is 0 Å². The van der Waals surface area contributed by atoms with E-state index < -0.39 is 0 Å². The average molecular weight is 132 g/mol. The van der Waals surface area contributed by atoms with Gasteiger partial charge in [0.25, 0.3) is 0 Å². The molecule has 4 heteroatoms. The summed E-state index contributed by atoms with van der Waals surface area (Å²) in [6.07, 6.45) is 0. The van der Waals surface area contributed by atoms with Crippen LogP contribution in [0.1, 0.15) is 0 Å². The Morgan fingerprint density at radius 1 is 0.800 bits per heavy atom. The first-order chi connectivity index (χ1) is 3.80. The molecule has 0 aromatic heterocycles. The number of hydrogen-bond donors (Lipinski definition) is 2. The van der Waals surface area contributed by atoms with Crippen LogP contribution in [-0.2, 0) is 0 Å². The van der Waals surface area contributed by atoms with Gasteiger partial charge in [-0.2, -0.15) is 0 Å². The maximum absolute atomic E-state index is 8.67. The topological polar surface area (TPSA) is 40.5 Å². The zero-order chi connectivity index (χ0) is 5.98. The molecule has 6 radical (unpaired) electrons. The quantitative estimate of drug-likeness (QED) is 0.394. The van der Waals surface area contributed by atoms with Crippen molar-refractivity contribution in [3.05, 3.63) is 24.3 Å². The summed E-state index contributed by atoms with van der Waals surface area (Å²) in [6.45, 7) is 0. The van der Waals surface area contributed by atoms with E-state index in [0.29, 0.717) is 0 Å². The van der Waals surface area contributed by atoms with Crippen LogP contribution in [0.2, 0.25) is 0 Å². The van der Waals surface area contributed by atoms with Crippen LogP contribution in [-0.4, -0.2) is 27.0 Å². The number of aromatic hydroxyl groups is 2. The number of phenols is 2. The van der Waals surface area contributed by atoms with Crippen LogP contribution in [0.4, 0.5) is 0 Å². The Morgan fingerprint density at radius 3 is 1.30 bits per heavy atom. The van der Waals surface area contributed by atoms with E-state index in [2.05, 4.69) is 0 Å². The lowest BCUT2D eigenvalue weighted by Gasteiger charge is -1.91. The fourth-order valence-electron chi connectivity index (χ4n) is 0.464. The molecule has 0 atom stereocenters. The molecule has 1 aromatic rings. The number of benzene rings is 1. The van der Waals surface area contributed by atoms with Gasteiger partial charge in [0.15, 0.2) is 11.5 Å². The van der Waals surface area contributed by atoms with E-state index in [9.17, 15) is 0 Å². The highest BCUT2D eigenvalue weighted by atomic mass is 16.3. The highest BCUT2D eigenvalue weighted by molar-refractivity contribution is 5.76. The van der Waals surface area contributed by atoms with E-state index in [0.717, 1.165) is 0 Å². The van der Waals surface area contributed by atoms with Crippen molar-refractivity contribution in [3.63, 3.8) is 0 Å². The van der Waals surface area contributed by atoms with E-state index in [-0.39, 0.29) is 28.3 Å². The van der Waals surface area contributed by atoms with Crippen LogP contribution < -0.4 is 0 Å². The lowest BCUT2D eigenvalue weighted by Crippen LogP contribution is -1.63. The molecule has 0 unspecified atom stereocenters. The summed E-state index contributed by atoms with van der Waals surface area (Å²) in [6, 6.07) is 6.15. The normalized spacial score (nSPS) is 7.20. The molecule has 2 N–H and O–H groups in total. The van der Waals surface area contributed by atoms with E-state index in [4.69, 9.17) is 10.2 Å². The minimum absolute atomic E-state index is 0. The van der Waals surface area contributed by atoms with Gasteiger partial charge in [-0.25, -0.2) is 0 Å². The van der Waals surface area contributed by atoms with E-state index in [1.54, 1.807) is 12.1 Å². The molecule has 0 saturated heterocycles. The van der Waals surface area contributed by atoms with Gasteiger partial charge in [-0.05, 0) is 12.1 Å². The van der Waals surface area contributed by atoms with Gasteiger partial charge in [0, 0.05) is 16.8 Å². The van der Waals surface area contributed by atoms with Crippen LogP contribution in [0.5, 0.6) is 11.5 Å². The summed E-state index contributed by atoms with van der Waals surface area (Å²) in [5.41, 5.74) is 0. The van der Waals surface area contributed by atoms with Crippen molar-refractivity contribution in [2.45, 2.75) is 0 Å². The maximum atomic E-state index is 8.67. The van der Waals surface area contributed by atoms with Crippen molar-refractivity contribution >= 4 is 16.8 Å². The largest absolute Gasteiger partial charge is 0.504 e. The number of hydrogen-bond acceptors (Lipinski definition) is 2. The van der Waals surface area contributed by atoms with E-state index in [1.807, 2.05) is 0 Å². The van der Waals surface area contributed by atoms with Crippen molar-refractivity contribution in [2.24, 2.45) is 0 Å². The molecule has 2 nitrogen and oxygen atoms in total. The summed E-state index contributed by atoms with van der Waals surface area (Å²) in [7, 11) is 0. The third-order valence-corrected chi connectivity index (χ3v) is 0.882. The molecule has 0 saturated carbocycles. The summed E-state index contributed by atoms with van der Waals surface area (Å²) < 4.78 is 0. The van der Waals surface area contributed by atoms with Crippen molar-refractivity contribution in [2.75, 3.05) is 0 Å². The molecule has 0 heterocycles. The van der Waals surface area contributed by atoms with Crippen LogP contribution in [0.3, 0.4) is 0 Å². The number of rotatable bonds is 0. The summed E-state index contributed by atoms with van der Waals surface area (Å²) in [5, 5.41) is 17.3. The standard InChI is InChI=1S/C6H6O2.2B/c7-5-3-1-2-4-6(5)8;;/h1-4,7-8H;;. The predicted molar refractivity (Wildman–Crippen MR) is 41.3 cm³/mol. The van der Waals surface area contributed by atoms with E-state index >= 15 is 0 Å². The second-order valence-corrected chi connectivity index (χ2v) is 1.49. The fraction of sp³-hybridized carbons (Fsp3) is 0. The number of para-hydroxylation sites is 2. The Bertz CT molecular complexity index is 170. The Morgan fingerprint density at radius 2 is 1.10 bits per heavy atom. The molecule has 1 rings (SSSR count). The molecule has 0 aliphatic rings. The number of phenolic OH excluding ortho intramolecular Hbond substituents is 2. The Kier molecular flexibility index (Phi) is 5.61. The van der Waals surface area contributed by atoms with Crippen molar-refractivity contribution in [1.82, 2.24) is 0 Å². The zero-order valence-electron chi connectivity index (χ0n) is 5.36. The van der Waals surface area contributed by atoms with Gasteiger partial charge in [0.05, 0.1) is 0 Å². The van der Waals surface area contributed by atoms with Crippen LogP contribution in [0.15, 0.2) is 24.3 Å². The van der Waals surface area contributed by atoms with Crippen molar-refractivity contribution in [3.8, 4) is 11.5 Å². The van der Waals surface area contributed by atoms with Gasteiger partial charge in [-0.3, -0.25) is 0 Å². The van der Waals surface area contributed by atoms with Gasteiger partial charge in [0.1, 0.15) is 0 Å². The Labute approximate surface area is 63.7 Å². The third-order valence-electron chi connectivity index (χ3n) is 0.882. The predicted octanol–water partition coefficient (Wildman–Crippen LogP) is 0.336. The monoisotopic (exact) mass is 132 g/mol. The lowest BCUT2D eigenvalue weighted by molar-refractivity contribution is 0.404. The molecular formula is C6H6B2O2. The molecule has 0 aliphatic carbocycles. The summed E-state index contributed by atoms with van der Waals surface area (Å²) in [4.78, 5) is 0. The first-order valence-corrected chi connectivity index (χ1v) is 2.27. The van der Waals surface area contributed by atoms with E-state index in [1.165, 1.54) is 12.1 Å². The smallest absolute Gasteiger partial charge is 0.157 e. The maximum Gasteiger partial charge on any atom is 0.157 e. The molecular weight excluding hydrogens is 126 g/mol. The summed E-state index contributed by atoms with van der Waals surface area (Å²) in [5.74, 6) is -0.153. The fourth-order valence-corrected chi connectivity index (χ4v) is 0.464. The second-order valence-electron chi connectivity index (χ2n) is 1.49. The molecule has 0 aliphatic heterocycles. The molecule has 10 heavy (non-hydrogen) atoms. The highest BCUT2D eigenvalue weighted by Gasteiger charge is 1.90. The average Bonchev–Trinajstić information content (AvgIpc) is 1.77. The molecule has 0 spiro atoms.